The van der Waals surface area contributed by atoms with Crippen LogP contribution in [-0.4, -0.2) is 6.21 Å². The van der Waals surface area contributed by atoms with Gasteiger partial charge in [0.1, 0.15) is 0 Å². The molecular weight excluding hydrogens is 208 g/mol. The zero-order valence-electron chi connectivity index (χ0n) is 11.5. The van der Waals surface area contributed by atoms with Crippen LogP contribution in [-0.2, 0) is 0 Å². The van der Waals surface area contributed by atoms with Gasteiger partial charge in [-0.3, -0.25) is 0 Å². The molecule has 0 aromatic heterocycles. The normalized spacial score (nSPS) is 10.8. The molecule has 2 nitrogen and oxygen atoms in total. The molecule has 0 fully saturated rings. The largest absolute Gasteiger partial charge is 0.205 e. The highest BCUT2D eigenvalue weighted by Gasteiger charge is 1.92. The van der Waals surface area contributed by atoms with E-state index in [2.05, 4.69) is 11.9 Å². The topological polar surface area (TPSA) is 36.1 Å². The third kappa shape index (κ3) is 15.2. The van der Waals surface area contributed by atoms with E-state index in [4.69, 9.17) is 5.26 Å². The van der Waals surface area contributed by atoms with Crippen LogP contribution in [0, 0.1) is 11.5 Å². The van der Waals surface area contributed by atoms with Crippen molar-refractivity contribution in [3.8, 4) is 6.19 Å². The minimum Gasteiger partial charge on any atom is -0.186 e. The second kappa shape index (κ2) is 15.2. The Morgan fingerprint density at radius 2 is 1.29 bits per heavy atom. The average molecular weight is 236 g/mol. The van der Waals surface area contributed by atoms with E-state index in [9.17, 15) is 0 Å². The van der Waals surface area contributed by atoms with Crippen LogP contribution in [0.25, 0.3) is 0 Å². The quantitative estimate of drug-likeness (QED) is 0.259. The predicted molar refractivity (Wildman–Crippen MR) is 75.2 cm³/mol. The highest BCUT2D eigenvalue weighted by molar-refractivity contribution is 5.58. The Morgan fingerprint density at radius 3 is 1.76 bits per heavy atom. The SMILES string of the molecule is CCCCCCCCCCCCCC=NC#N. The number of unbranched alkanes of at least 4 members (excludes halogenated alkanes) is 11. The minimum absolute atomic E-state index is 0.963. The van der Waals surface area contributed by atoms with Gasteiger partial charge >= 0.3 is 0 Å². The molecular formula is C15H28N2. The van der Waals surface area contributed by atoms with Gasteiger partial charge in [0.05, 0.1) is 0 Å². The molecule has 2 heteroatoms. The Morgan fingerprint density at radius 1 is 0.824 bits per heavy atom. The highest BCUT2D eigenvalue weighted by Crippen LogP contribution is 2.11. The molecule has 98 valence electrons. The lowest BCUT2D eigenvalue weighted by atomic mass is 10.1. The zero-order chi connectivity index (χ0) is 12.6. The monoisotopic (exact) mass is 236 g/mol. The third-order valence-corrected chi connectivity index (χ3v) is 3.09. The summed E-state index contributed by atoms with van der Waals surface area (Å²) < 4.78 is 0. The minimum atomic E-state index is 0.963. The van der Waals surface area contributed by atoms with Gasteiger partial charge in [-0.05, 0) is 12.8 Å². The molecule has 17 heavy (non-hydrogen) atoms. The van der Waals surface area contributed by atoms with Gasteiger partial charge in [0, 0.05) is 6.21 Å². The molecule has 0 aliphatic heterocycles. The maximum absolute atomic E-state index is 8.20. The van der Waals surface area contributed by atoms with Crippen molar-refractivity contribution in [1.82, 2.24) is 0 Å². The lowest BCUT2D eigenvalue weighted by molar-refractivity contribution is 0.552. The first-order valence-electron chi connectivity index (χ1n) is 7.32. The lowest BCUT2D eigenvalue weighted by Gasteiger charge is -2.01. The lowest BCUT2D eigenvalue weighted by Crippen LogP contribution is -1.82. The van der Waals surface area contributed by atoms with Crippen molar-refractivity contribution in [1.29, 1.82) is 5.26 Å². The van der Waals surface area contributed by atoms with Crippen molar-refractivity contribution < 1.29 is 0 Å². The van der Waals surface area contributed by atoms with E-state index in [0.717, 1.165) is 6.42 Å². The Hall–Kier alpha value is -0.840. The standard InChI is InChI=1S/C15H28N2/c1-2-3-4-5-6-7-8-9-10-11-12-13-14-17-15-16/h14H,2-13H2,1H3. The van der Waals surface area contributed by atoms with E-state index in [1.165, 1.54) is 70.6 Å². The van der Waals surface area contributed by atoms with Crippen LogP contribution in [0.4, 0.5) is 0 Å². The second-order valence-electron chi connectivity index (χ2n) is 4.74. The molecule has 0 aromatic carbocycles. The molecule has 0 aliphatic carbocycles. The summed E-state index contributed by atoms with van der Waals surface area (Å²) in [5, 5.41) is 8.20. The van der Waals surface area contributed by atoms with Gasteiger partial charge in [-0.25, -0.2) is 0 Å². The number of hydrogen-bond acceptors (Lipinski definition) is 2. The summed E-state index contributed by atoms with van der Waals surface area (Å²) in [6, 6.07) is 0. The van der Waals surface area contributed by atoms with Crippen LogP contribution >= 0.6 is 0 Å². The van der Waals surface area contributed by atoms with Crippen molar-refractivity contribution in [2.24, 2.45) is 4.99 Å². The van der Waals surface area contributed by atoms with E-state index in [0.29, 0.717) is 0 Å². The first kappa shape index (κ1) is 16.2. The Labute approximate surface area is 107 Å². The van der Waals surface area contributed by atoms with E-state index in [1.54, 1.807) is 12.4 Å². The van der Waals surface area contributed by atoms with Crippen LogP contribution in [0.2, 0.25) is 0 Å². The first-order valence-corrected chi connectivity index (χ1v) is 7.32. The van der Waals surface area contributed by atoms with Crippen molar-refractivity contribution in [2.45, 2.75) is 84.0 Å². The zero-order valence-corrected chi connectivity index (χ0v) is 11.5. The molecule has 0 N–H and O–H groups in total. The second-order valence-corrected chi connectivity index (χ2v) is 4.74. The number of aliphatic imine (C=N–C) groups is 1. The Bertz CT molecular complexity index is 203. The molecule has 0 rings (SSSR count). The maximum Gasteiger partial charge on any atom is 0.205 e. The molecule has 0 heterocycles. The fourth-order valence-corrected chi connectivity index (χ4v) is 2.01. The summed E-state index contributed by atoms with van der Waals surface area (Å²) in [6.45, 7) is 2.27. The molecule has 0 saturated heterocycles. The fraction of sp³-hybridized carbons (Fsp3) is 0.867. The molecule has 0 atom stereocenters. The molecule has 0 unspecified atom stereocenters. The number of nitriles is 1. The molecule has 0 saturated carbocycles. The van der Waals surface area contributed by atoms with Crippen molar-refractivity contribution >= 4 is 6.21 Å². The van der Waals surface area contributed by atoms with Crippen LogP contribution in [0.5, 0.6) is 0 Å². The highest BCUT2D eigenvalue weighted by atomic mass is 14.7. The van der Waals surface area contributed by atoms with E-state index in [-0.39, 0.29) is 0 Å². The van der Waals surface area contributed by atoms with E-state index >= 15 is 0 Å². The van der Waals surface area contributed by atoms with E-state index < -0.39 is 0 Å². The molecule has 0 aromatic rings. The van der Waals surface area contributed by atoms with Crippen molar-refractivity contribution in [3.05, 3.63) is 0 Å². The van der Waals surface area contributed by atoms with Crippen LogP contribution in [0.15, 0.2) is 4.99 Å². The van der Waals surface area contributed by atoms with Gasteiger partial charge in [-0.1, -0.05) is 71.1 Å². The fourth-order valence-electron chi connectivity index (χ4n) is 2.01. The van der Waals surface area contributed by atoms with Crippen molar-refractivity contribution in [2.75, 3.05) is 0 Å². The van der Waals surface area contributed by atoms with Crippen molar-refractivity contribution in [3.63, 3.8) is 0 Å². The molecule has 0 radical (unpaired) electrons. The number of nitrogens with zero attached hydrogens (tertiary/aromatic N) is 2. The number of hydrogen-bond donors (Lipinski definition) is 0. The van der Waals surface area contributed by atoms with Gasteiger partial charge in [0.2, 0.25) is 6.19 Å². The summed E-state index contributed by atoms with van der Waals surface area (Å²) in [5.41, 5.74) is 0. The van der Waals surface area contributed by atoms with Crippen LogP contribution in [0.1, 0.15) is 84.0 Å². The Kier molecular flexibility index (Phi) is 14.4. The summed E-state index contributed by atoms with van der Waals surface area (Å²) >= 11 is 0. The maximum atomic E-state index is 8.20. The van der Waals surface area contributed by atoms with Crippen LogP contribution < -0.4 is 0 Å². The molecule has 0 spiro atoms. The van der Waals surface area contributed by atoms with E-state index in [1.807, 2.05) is 0 Å². The average Bonchev–Trinajstić information content (AvgIpc) is 2.35. The summed E-state index contributed by atoms with van der Waals surface area (Å²) in [6.07, 6.45) is 19.5. The smallest absolute Gasteiger partial charge is 0.186 e. The van der Waals surface area contributed by atoms with Gasteiger partial charge in [-0.15, -0.1) is 0 Å². The number of rotatable bonds is 12. The predicted octanol–water partition coefficient (Wildman–Crippen LogP) is 5.24. The third-order valence-electron chi connectivity index (χ3n) is 3.09. The van der Waals surface area contributed by atoms with Gasteiger partial charge in [0.25, 0.3) is 0 Å². The Balaban J connectivity index is 2.94. The summed E-state index contributed by atoms with van der Waals surface area (Å²) in [5.74, 6) is 0. The molecule has 0 bridgehead atoms. The van der Waals surface area contributed by atoms with Crippen LogP contribution in [0.3, 0.4) is 0 Å². The molecule has 0 aliphatic rings. The first-order chi connectivity index (χ1) is 8.41. The van der Waals surface area contributed by atoms with Gasteiger partial charge in [0.15, 0.2) is 0 Å². The molecule has 0 amide bonds. The summed E-state index contributed by atoms with van der Waals surface area (Å²) in [4.78, 5) is 3.54. The summed E-state index contributed by atoms with van der Waals surface area (Å²) in [7, 11) is 0. The van der Waals surface area contributed by atoms with Gasteiger partial charge in [-0.2, -0.15) is 10.3 Å². The van der Waals surface area contributed by atoms with Gasteiger partial charge < -0.3 is 0 Å².